The van der Waals surface area contributed by atoms with Gasteiger partial charge in [0.1, 0.15) is 0 Å². The average molecular weight is 261 g/mol. The third-order valence-corrected chi connectivity index (χ3v) is 4.62. The molecule has 2 saturated carbocycles. The number of amides is 1. The predicted molar refractivity (Wildman–Crippen MR) is 75.0 cm³/mol. The Kier molecular flexibility index (Phi) is 3.85. The lowest BCUT2D eigenvalue weighted by molar-refractivity contribution is -0.120. The van der Waals surface area contributed by atoms with Gasteiger partial charge in [-0.25, -0.2) is 0 Å². The molecule has 4 nitrogen and oxygen atoms in total. The van der Waals surface area contributed by atoms with Gasteiger partial charge in [0, 0.05) is 23.6 Å². The first kappa shape index (κ1) is 12.7. The van der Waals surface area contributed by atoms with Gasteiger partial charge in [0.15, 0.2) is 5.82 Å². The number of carbonyl (C=O) groups excluding carboxylic acids is 1. The highest BCUT2D eigenvalue weighted by Gasteiger charge is 2.23. The van der Waals surface area contributed by atoms with Crippen molar-refractivity contribution in [2.24, 2.45) is 5.92 Å². The lowest BCUT2D eigenvalue weighted by Crippen LogP contribution is -2.22. The molecular formula is C15H23N3O. The molecule has 0 spiro atoms. The van der Waals surface area contributed by atoms with E-state index in [1.807, 2.05) is 6.07 Å². The van der Waals surface area contributed by atoms with Crippen LogP contribution in [0.5, 0.6) is 0 Å². The smallest absolute Gasteiger partial charge is 0.228 e. The molecule has 1 aromatic rings. The zero-order valence-electron chi connectivity index (χ0n) is 11.5. The summed E-state index contributed by atoms with van der Waals surface area (Å²) < 4.78 is 0. The maximum atomic E-state index is 12.2. The van der Waals surface area contributed by atoms with Crippen LogP contribution in [-0.4, -0.2) is 16.1 Å². The van der Waals surface area contributed by atoms with Crippen LogP contribution >= 0.6 is 0 Å². The van der Waals surface area contributed by atoms with E-state index in [9.17, 15) is 4.79 Å². The second kappa shape index (κ2) is 5.76. The molecule has 2 aliphatic carbocycles. The molecular weight excluding hydrogens is 238 g/mol. The number of carbonyl (C=O) groups is 1. The summed E-state index contributed by atoms with van der Waals surface area (Å²) in [5.41, 5.74) is 1.18. The standard InChI is InChI=1S/C15H23N3O/c19-15(12-6-3-1-2-4-7-12)16-14-10-13(17-18-14)11-8-5-9-11/h10-12H,1-9H2,(H2,16,17,18,19). The molecule has 0 saturated heterocycles. The van der Waals surface area contributed by atoms with Gasteiger partial charge in [-0.3, -0.25) is 9.89 Å². The van der Waals surface area contributed by atoms with Crippen molar-refractivity contribution in [1.29, 1.82) is 0 Å². The van der Waals surface area contributed by atoms with E-state index in [1.165, 1.54) is 50.6 Å². The maximum Gasteiger partial charge on any atom is 0.228 e. The minimum atomic E-state index is 0.161. The fourth-order valence-electron chi connectivity index (χ4n) is 3.10. The molecule has 19 heavy (non-hydrogen) atoms. The Balaban J connectivity index is 1.57. The van der Waals surface area contributed by atoms with Gasteiger partial charge in [0.2, 0.25) is 5.91 Å². The summed E-state index contributed by atoms with van der Waals surface area (Å²) in [6.45, 7) is 0. The summed E-state index contributed by atoms with van der Waals surface area (Å²) in [5.74, 6) is 1.69. The second-order valence-electron chi connectivity index (χ2n) is 6.01. The van der Waals surface area contributed by atoms with Gasteiger partial charge in [-0.05, 0) is 25.7 Å². The molecule has 0 aliphatic heterocycles. The molecule has 4 heteroatoms. The third-order valence-electron chi connectivity index (χ3n) is 4.62. The van der Waals surface area contributed by atoms with Crippen molar-refractivity contribution in [2.45, 2.75) is 63.7 Å². The molecule has 0 atom stereocenters. The van der Waals surface area contributed by atoms with Crippen molar-refractivity contribution in [3.05, 3.63) is 11.8 Å². The van der Waals surface area contributed by atoms with Gasteiger partial charge in [-0.2, -0.15) is 5.10 Å². The lowest BCUT2D eigenvalue weighted by Gasteiger charge is -2.23. The van der Waals surface area contributed by atoms with Crippen LogP contribution < -0.4 is 5.32 Å². The highest BCUT2D eigenvalue weighted by molar-refractivity contribution is 5.91. The lowest BCUT2D eigenvalue weighted by atomic mass is 9.83. The number of nitrogens with zero attached hydrogens (tertiary/aromatic N) is 1. The average Bonchev–Trinajstić information content (AvgIpc) is 2.64. The quantitative estimate of drug-likeness (QED) is 0.817. The minimum Gasteiger partial charge on any atom is -0.309 e. The SMILES string of the molecule is O=C(Nc1cc(C2CCC2)[nH]n1)C1CCCCCC1. The molecule has 0 bridgehead atoms. The number of aromatic nitrogens is 2. The van der Waals surface area contributed by atoms with Gasteiger partial charge in [-0.1, -0.05) is 32.1 Å². The van der Waals surface area contributed by atoms with Gasteiger partial charge < -0.3 is 5.32 Å². The number of hydrogen-bond acceptors (Lipinski definition) is 2. The molecule has 2 N–H and O–H groups in total. The van der Waals surface area contributed by atoms with Crippen molar-refractivity contribution < 1.29 is 4.79 Å². The molecule has 0 unspecified atom stereocenters. The molecule has 2 aliphatic rings. The van der Waals surface area contributed by atoms with E-state index in [0.29, 0.717) is 11.7 Å². The first-order valence-corrected chi connectivity index (χ1v) is 7.69. The van der Waals surface area contributed by atoms with E-state index in [4.69, 9.17) is 0 Å². The Hall–Kier alpha value is -1.32. The number of hydrogen-bond donors (Lipinski definition) is 2. The number of H-pyrrole nitrogens is 1. The van der Waals surface area contributed by atoms with Crippen LogP contribution in [0.4, 0.5) is 5.82 Å². The fraction of sp³-hybridized carbons (Fsp3) is 0.733. The Morgan fingerprint density at radius 1 is 1.11 bits per heavy atom. The van der Waals surface area contributed by atoms with Crippen LogP contribution in [0.25, 0.3) is 0 Å². The molecule has 1 amide bonds. The van der Waals surface area contributed by atoms with Crippen LogP contribution in [0.1, 0.15) is 69.4 Å². The molecule has 104 valence electrons. The first-order valence-electron chi connectivity index (χ1n) is 7.69. The van der Waals surface area contributed by atoms with E-state index in [-0.39, 0.29) is 11.8 Å². The second-order valence-corrected chi connectivity index (χ2v) is 6.01. The van der Waals surface area contributed by atoms with Crippen molar-refractivity contribution >= 4 is 11.7 Å². The van der Waals surface area contributed by atoms with Crippen molar-refractivity contribution in [2.75, 3.05) is 5.32 Å². The van der Waals surface area contributed by atoms with E-state index < -0.39 is 0 Å². The maximum absolute atomic E-state index is 12.2. The monoisotopic (exact) mass is 261 g/mol. The van der Waals surface area contributed by atoms with Crippen LogP contribution in [-0.2, 0) is 4.79 Å². The summed E-state index contributed by atoms with van der Waals surface area (Å²) in [4.78, 5) is 12.2. The van der Waals surface area contributed by atoms with E-state index in [2.05, 4.69) is 15.5 Å². The first-order chi connectivity index (χ1) is 9.33. The summed E-state index contributed by atoms with van der Waals surface area (Å²) in [7, 11) is 0. The highest BCUT2D eigenvalue weighted by atomic mass is 16.1. The Morgan fingerprint density at radius 2 is 1.84 bits per heavy atom. The summed E-state index contributed by atoms with van der Waals surface area (Å²) in [5, 5.41) is 10.3. The Morgan fingerprint density at radius 3 is 2.47 bits per heavy atom. The number of anilines is 1. The molecule has 2 fully saturated rings. The van der Waals surface area contributed by atoms with Gasteiger partial charge in [0.05, 0.1) is 0 Å². The van der Waals surface area contributed by atoms with Gasteiger partial charge in [-0.15, -0.1) is 0 Å². The number of aromatic amines is 1. The van der Waals surface area contributed by atoms with Crippen molar-refractivity contribution in [1.82, 2.24) is 10.2 Å². The molecule has 0 radical (unpaired) electrons. The topological polar surface area (TPSA) is 57.8 Å². The molecule has 0 aromatic carbocycles. The van der Waals surface area contributed by atoms with Crippen LogP contribution in [0.15, 0.2) is 6.07 Å². The van der Waals surface area contributed by atoms with Crippen LogP contribution in [0.3, 0.4) is 0 Å². The number of rotatable bonds is 3. The van der Waals surface area contributed by atoms with Gasteiger partial charge >= 0.3 is 0 Å². The minimum absolute atomic E-state index is 0.161. The highest BCUT2D eigenvalue weighted by Crippen LogP contribution is 2.36. The molecule has 3 rings (SSSR count). The van der Waals surface area contributed by atoms with E-state index >= 15 is 0 Å². The summed E-state index contributed by atoms with van der Waals surface area (Å²) in [6, 6.07) is 2.01. The molecule has 1 aromatic heterocycles. The van der Waals surface area contributed by atoms with E-state index in [0.717, 1.165) is 12.8 Å². The van der Waals surface area contributed by atoms with Gasteiger partial charge in [0.25, 0.3) is 0 Å². The van der Waals surface area contributed by atoms with Crippen LogP contribution in [0, 0.1) is 5.92 Å². The predicted octanol–water partition coefficient (Wildman–Crippen LogP) is 3.59. The number of nitrogens with one attached hydrogen (secondary N) is 2. The summed E-state index contributed by atoms with van der Waals surface area (Å²) >= 11 is 0. The third kappa shape index (κ3) is 2.99. The van der Waals surface area contributed by atoms with Crippen molar-refractivity contribution in [3.63, 3.8) is 0 Å². The van der Waals surface area contributed by atoms with Crippen molar-refractivity contribution in [3.8, 4) is 0 Å². The Labute approximate surface area is 114 Å². The zero-order valence-corrected chi connectivity index (χ0v) is 11.5. The summed E-state index contributed by atoms with van der Waals surface area (Å²) in [6.07, 6.45) is 10.8. The largest absolute Gasteiger partial charge is 0.309 e. The Bertz CT molecular complexity index is 428. The fourth-order valence-corrected chi connectivity index (χ4v) is 3.10. The molecule has 1 heterocycles. The normalized spacial score (nSPS) is 21.7. The zero-order chi connectivity index (χ0) is 13.1. The van der Waals surface area contributed by atoms with Crippen LogP contribution in [0.2, 0.25) is 0 Å². The van der Waals surface area contributed by atoms with E-state index in [1.54, 1.807) is 0 Å².